The molecule has 0 radical (unpaired) electrons. The molecule has 1 N–H and O–H groups in total. The lowest BCUT2D eigenvalue weighted by atomic mass is 9.97. The zero-order valence-electron chi connectivity index (χ0n) is 17.0. The fraction of sp³-hybridized carbons (Fsp3) is 0.500. The van der Waals surface area contributed by atoms with Crippen molar-refractivity contribution in [2.24, 2.45) is 0 Å². The Morgan fingerprint density at radius 1 is 1.34 bits per heavy atom. The highest BCUT2D eigenvalue weighted by atomic mass is 32.2. The van der Waals surface area contributed by atoms with Crippen molar-refractivity contribution in [2.45, 2.75) is 54.4 Å². The molecule has 1 amide bonds. The monoisotopic (exact) mass is 437 g/mol. The lowest BCUT2D eigenvalue weighted by molar-refractivity contribution is -0.120. The molecular formula is C20H27N3O4S2. The van der Waals surface area contributed by atoms with E-state index in [9.17, 15) is 13.2 Å². The highest BCUT2D eigenvalue weighted by molar-refractivity contribution is 8.00. The molecule has 2 aromatic rings. The van der Waals surface area contributed by atoms with E-state index in [1.54, 1.807) is 13.0 Å². The number of hydrogen-bond acceptors (Lipinski definition) is 6. The summed E-state index contributed by atoms with van der Waals surface area (Å²) in [4.78, 5) is 16.9. The van der Waals surface area contributed by atoms with Gasteiger partial charge in [-0.15, -0.1) is 0 Å². The second kappa shape index (κ2) is 9.32. The molecule has 1 aromatic carbocycles. The van der Waals surface area contributed by atoms with Gasteiger partial charge in [0, 0.05) is 20.6 Å². The predicted molar refractivity (Wildman–Crippen MR) is 114 cm³/mol. The minimum atomic E-state index is -3.54. The number of hydrogen-bond donors (Lipinski definition) is 1. The van der Waals surface area contributed by atoms with Crippen LogP contribution in [0.4, 0.5) is 0 Å². The standard InChI is InChI=1S/C20H27N3O4S2/c1-14(19(24)21-12-11-15-7-5-4-6-8-15)28-20-22-17-13-16(9-10-18(17)27-20)29(25,26)23(2)3/h7,9-10,13-14H,4-6,8,11-12H2,1-3H3,(H,21,24)/t14-/m0/s1. The molecule has 0 spiro atoms. The van der Waals surface area contributed by atoms with E-state index >= 15 is 0 Å². The summed E-state index contributed by atoms with van der Waals surface area (Å²) in [6, 6.07) is 4.57. The number of carbonyl (C=O) groups excluding carboxylic acids is 1. The molecule has 0 unspecified atom stereocenters. The van der Waals surface area contributed by atoms with Gasteiger partial charge in [0.05, 0.1) is 10.1 Å². The van der Waals surface area contributed by atoms with Crippen molar-refractivity contribution in [1.82, 2.24) is 14.6 Å². The number of nitrogens with one attached hydrogen (secondary N) is 1. The van der Waals surface area contributed by atoms with E-state index in [2.05, 4.69) is 16.4 Å². The third-order valence-corrected chi connectivity index (χ3v) is 7.65. The van der Waals surface area contributed by atoms with Crippen LogP contribution in [0, 0.1) is 0 Å². The number of rotatable bonds is 8. The second-order valence-corrected chi connectivity index (χ2v) is 10.7. The quantitative estimate of drug-likeness (QED) is 0.501. The van der Waals surface area contributed by atoms with Crippen molar-refractivity contribution in [1.29, 1.82) is 0 Å². The third-order valence-electron chi connectivity index (χ3n) is 4.90. The molecule has 1 aliphatic carbocycles. The molecule has 29 heavy (non-hydrogen) atoms. The maximum atomic E-state index is 12.4. The Bertz CT molecular complexity index is 1010. The van der Waals surface area contributed by atoms with Crippen LogP contribution in [0.1, 0.15) is 39.0 Å². The maximum absolute atomic E-state index is 12.4. The van der Waals surface area contributed by atoms with Crippen molar-refractivity contribution >= 4 is 38.8 Å². The van der Waals surface area contributed by atoms with Crippen LogP contribution in [0.2, 0.25) is 0 Å². The van der Waals surface area contributed by atoms with Crippen LogP contribution < -0.4 is 5.32 Å². The Morgan fingerprint density at radius 3 is 2.83 bits per heavy atom. The van der Waals surface area contributed by atoms with Crippen LogP contribution in [-0.2, 0) is 14.8 Å². The topological polar surface area (TPSA) is 92.5 Å². The number of aromatic nitrogens is 1. The van der Waals surface area contributed by atoms with Gasteiger partial charge in [-0.25, -0.2) is 17.7 Å². The number of nitrogens with zero attached hydrogens (tertiary/aromatic N) is 2. The van der Waals surface area contributed by atoms with Crippen molar-refractivity contribution in [2.75, 3.05) is 20.6 Å². The number of allylic oxidation sites excluding steroid dienone is 1. The smallest absolute Gasteiger partial charge is 0.257 e. The number of thioether (sulfide) groups is 1. The summed E-state index contributed by atoms with van der Waals surface area (Å²) in [5.74, 6) is -0.0652. The van der Waals surface area contributed by atoms with Crippen LogP contribution in [0.25, 0.3) is 11.1 Å². The van der Waals surface area contributed by atoms with Crippen molar-refractivity contribution < 1.29 is 17.6 Å². The minimum absolute atomic E-state index is 0.0652. The normalized spacial score (nSPS) is 16.1. The summed E-state index contributed by atoms with van der Waals surface area (Å²) in [7, 11) is -0.577. The summed E-state index contributed by atoms with van der Waals surface area (Å²) >= 11 is 1.22. The first-order valence-corrected chi connectivity index (χ1v) is 12.0. The van der Waals surface area contributed by atoms with Gasteiger partial charge >= 0.3 is 0 Å². The molecule has 0 fully saturated rings. The molecule has 1 atom stereocenters. The largest absolute Gasteiger partial charge is 0.431 e. The lowest BCUT2D eigenvalue weighted by Crippen LogP contribution is -2.31. The zero-order chi connectivity index (χ0) is 21.0. The summed E-state index contributed by atoms with van der Waals surface area (Å²) < 4.78 is 31.4. The molecule has 0 bridgehead atoms. The van der Waals surface area contributed by atoms with Gasteiger partial charge in [-0.3, -0.25) is 4.79 Å². The summed E-state index contributed by atoms with van der Waals surface area (Å²) in [6.45, 7) is 2.44. The molecule has 1 heterocycles. The second-order valence-electron chi connectivity index (χ2n) is 7.31. The summed E-state index contributed by atoms with van der Waals surface area (Å²) in [5, 5.41) is 2.95. The number of amides is 1. The van der Waals surface area contributed by atoms with Crippen LogP contribution in [0.5, 0.6) is 0 Å². The van der Waals surface area contributed by atoms with E-state index in [4.69, 9.17) is 4.42 Å². The van der Waals surface area contributed by atoms with Gasteiger partial charge in [0.2, 0.25) is 15.9 Å². The van der Waals surface area contributed by atoms with E-state index < -0.39 is 10.0 Å². The fourth-order valence-electron chi connectivity index (χ4n) is 3.13. The summed E-state index contributed by atoms with van der Waals surface area (Å²) in [6.07, 6.45) is 7.96. The van der Waals surface area contributed by atoms with Gasteiger partial charge in [-0.1, -0.05) is 23.4 Å². The van der Waals surface area contributed by atoms with Gasteiger partial charge in [0.15, 0.2) is 5.58 Å². The molecular weight excluding hydrogens is 410 g/mol. The molecule has 158 valence electrons. The van der Waals surface area contributed by atoms with Crippen LogP contribution in [0.3, 0.4) is 0 Å². The Labute approximate surface area is 176 Å². The van der Waals surface area contributed by atoms with E-state index in [-0.39, 0.29) is 16.1 Å². The Morgan fingerprint density at radius 2 is 2.14 bits per heavy atom. The molecule has 1 aliphatic rings. The van der Waals surface area contributed by atoms with Gasteiger partial charge in [-0.2, -0.15) is 0 Å². The first kappa shape index (κ1) is 21.9. The zero-order valence-corrected chi connectivity index (χ0v) is 18.6. The average molecular weight is 438 g/mol. The Kier molecular flexibility index (Phi) is 7.02. The third kappa shape index (κ3) is 5.40. The number of sulfonamides is 1. The fourth-order valence-corrected chi connectivity index (χ4v) is 4.84. The minimum Gasteiger partial charge on any atom is -0.431 e. The first-order valence-electron chi connectivity index (χ1n) is 9.73. The van der Waals surface area contributed by atoms with Gasteiger partial charge in [0.1, 0.15) is 5.52 Å². The van der Waals surface area contributed by atoms with Crippen LogP contribution >= 0.6 is 11.8 Å². The summed E-state index contributed by atoms with van der Waals surface area (Å²) in [5.41, 5.74) is 2.37. The van der Waals surface area contributed by atoms with E-state index in [0.29, 0.717) is 22.9 Å². The molecule has 9 heteroatoms. The molecule has 1 aromatic heterocycles. The van der Waals surface area contributed by atoms with E-state index in [0.717, 1.165) is 23.6 Å². The van der Waals surface area contributed by atoms with Crippen LogP contribution in [0.15, 0.2) is 44.4 Å². The Hall–Kier alpha value is -1.84. The van der Waals surface area contributed by atoms with Crippen molar-refractivity contribution in [3.8, 4) is 0 Å². The van der Waals surface area contributed by atoms with E-state index in [1.165, 1.54) is 56.4 Å². The number of fused-ring (bicyclic) bond motifs is 1. The SMILES string of the molecule is C[C@H](Sc1nc2cc(S(=O)(=O)N(C)C)ccc2o1)C(=O)NCCC1=CCCCC1. The van der Waals surface area contributed by atoms with Crippen LogP contribution in [-0.4, -0.2) is 49.5 Å². The number of oxazole rings is 1. The van der Waals surface area contributed by atoms with Gasteiger partial charge < -0.3 is 9.73 Å². The van der Waals surface area contributed by atoms with Gasteiger partial charge in [-0.05, 0) is 57.2 Å². The molecule has 7 nitrogen and oxygen atoms in total. The highest BCUT2D eigenvalue weighted by Gasteiger charge is 2.21. The molecule has 0 saturated heterocycles. The molecule has 0 saturated carbocycles. The average Bonchev–Trinajstić information content (AvgIpc) is 3.09. The van der Waals surface area contributed by atoms with Crippen molar-refractivity contribution in [3.05, 3.63) is 29.8 Å². The first-order chi connectivity index (χ1) is 13.8. The predicted octanol–water partition coefficient (Wildman–Crippen LogP) is 3.57. The number of carbonyl (C=O) groups is 1. The maximum Gasteiger partial charge on any atom is 0.257 e. The molecule has 3 rings (SSSR count). The lowest BCUT2D eigenvalue weighted by Gasteiger charge is -2.14. The van der Waals surface area contributed by atoms with Gasteiger partial charge in [0.25, 0.3) is 5.22 Å². The van der Waals surface area contributed by atoms with E-state index in [1.807, 2.05) is 0 Å². The molecule has 0 aliphatic heterocycles. The number of benzene rings is 1. The highest BCUT2D eigenvalue weighted by Crippen LogP contribution is 2.28. The van der Waals surface area contributed by atoms with Crippen molar-refractivity contribution in [3.63, 3.8) is 0 Å². The Balaban J connectivity index is 1.60.